The third-order valence-corrected chi connectivity index (χ3v) is 4.66. The molecule has 0 aromatic carbocycles. The Morgan fingerprint density at radius 1 is 1.32 bits per heavy atom. The lowest BCUT2D eigenvalue weighted by Gasteiger charge is -2.17. The number of amides is 1. The van der Waals surface area contributed by atoms with E-state index in [1.807, 2.05) is 50.7 Å². The van der Waals surface area contributed by atoms with Crippen LogP contribution in [0.3, 0.4) is 0 Å². The van der Waals surface area contributed by atoms with E-state index >= 15 is 0 Å². The molecule has 136 valence electrons. The van der Waals surface area contributed by atoms with Crippen molar-refractivity contribution in [3.05, 3.63) is 47.0 Å². The molecule has 6 heteroatoms. The van der Waals surface area contributed by atoms with Crippen LogP contribution in [-0.2, 0) is 24.7 Å². The number of nitrogens with one attached hydrogen (secondary N) is 1. The number of aliphatic hydroxyl groups excluding tert-OH is 1. The van der Waals surface area contributed by atoms with Gasteiger partial charge < -0.3 is 10.4 Å². The molecule has 0 bridgehead atoms. The molecule has 0 fully saturated rings. The van der Waals surface area contributed by atoms with Gasteiger partial charge in [0.15, 0.2) is 0 Å². The molecule has 25 heavy (non-hydrogen) atoms. The maximum absolute atomic E-state index is 12.4. The zero-order valence-corrected chi connectivity index (χ0v) is 15.5. The molecule has 0 aliphatic rings. The number of aliphatic hydroxyl groups is 1. The molecule has 0 aliphatic carbocycles. The van der Waals surface area contributed by atoms with Crippen molar-refractivity contribution in [1.29, 1.82) is 0 Å². The number of rotatable bonds is 8. The summed E-state index contributed by atoms with van der Waals surface area (Å²) in [7, 11) is 1.92. The molecule has 0 spiro atoms. The number of aryl methyl sites for hydroxylation is 2. The molecule has 0 aliphatic heterocycles. The van der Waals surface area contributed by atoms with Crippen molar-refractivity contribution >= 4 is 5.91 Å². The second-order valence-electron chi connectivity index (χ2n) is 6.70. The van der Waals surface area contributed by atoms with Gasteiger partial charge in [0, 0.05) is 49.6 Å². The van der Waals surface area contributed by atoms with Gasteiger partial charge in [-0.05, 0) is 44.4 Å². The minimum atomic E-state index is -0.143. The molecule has 2 N–H and O–H groups in total. The topological polar surface area (TPSA) is 80.0 Å². The van der Waals surface area contributed by atoms with E-state index < -0.39 is 0 Å². The van der Waals surface area contributed by atoms with E-state index in [9.17, 15) is 9.90 Å². The summed E-state index contributed by atoms with van der Waals surface area (Å²) in [5.41, 5.74) is 4.13. The number of aromatic nitrogens is 3. The maximum atomic E-state index is 12.4. The lowest BCUT2D eigenvalue weighted by Crippen LogP contribution is -2.36. The molecule has 2 aromatic heterocycles. The van der Waals surface area contributed by atoms with Crippen LogP contribution in [0.2, 0.25) is 0 Å². The van der Waals surface area contributed by atoms with E-state index in [-0.39, 0.29) is 24.3 Å². The highest BCUT2D eigenvalue weighted by molar-refractivity contribution is 5.78. The molecule has 2 heterocycles. The fourth-order valence-corrected chi connectivity index (χ4v) is 2.95. The van der Waals surface area contributed by atoms with Crippen LogP contribution in [0.4, 0.5) is 0 Å². The Morgan fingerprint density at radius 2 is 2.08 bits per heavy atom. The van der Waals surface area contributed by atoms with Gasteiger partial charge in [0.2, 0.25) is 5.91 Å². The van der Waals surface area contributed by atoms with Crippen molar-refractivity contribution in [2.75, 3.05) is 13.2 Å². The van der Waals surface area contributed by atoms with E-state index in [4.69, 9.17) is 0 Å². The molecule has 2 aromatic rings. The van der Waals surface area contributed by atoms with Crippen LogP contribution in [0.15, 0.2) is 24.4 Å². The first-order valence-corrected chi connectivity index (χ1v) is 8.69. The van der Waals surface area contributed by atoms with Gasteiger partial charge in [0.25, 0.3) is 0 Å². The van der Waals surface area contributed by atoms with Crippen LogP contribution in [0.1, 0.15) is 29.6 Å². The second kappa shape index (κ2) is 8.76. The number of carbonyl (C=O) groups is 1. The lowest BCUT2D eigenvalue weighted by atomic mass is 9.98. The van der Waals surface area contributed by atoms with Crippen LogP contribution in [0.25, 0.3) is 0 Å². The summed E-state index contributed by atoms with van der Waals surface area (Å²) in [6.45, 7) is 6.39. The number of carbonyl (C=O) groups excluding carboxylic acids is 1. The Labute approximate surface area is 149 Å². The second-order valence-corrected chi connectivity index (χ2v) is 6.70. The summed E-state index contributed by atoms with van der Waals surface area (Å²) in [6.07, 6.45) is 3.05. The standard InChI is InChI=1S/C19H28N4O2/c1-13(9-18-14(2)22-23(4)15(18)3)19(25)21-11-16(12-24)10-17-7-5-6-8-20-17/h5-8,13,16,24H,9-12H2,1-4H3,(H,21,25). The fraction of sp³-hybridized carbons (Fsp3) is 0.526. The summed E-state index contributed by atoms with van der Waals surface area (Å²) in [4.78, 5) is 16.7. The average molecular weight is 344 g/mol. The third kappa shape index (κ3) is 5.13. The van der Waals surface area contributed by atoms with E-state index in [1.54, 1.807) is 6.20 Å². The minimum absolute atomic E-state index is 0.00197. The van der Waals surface area contributed by atoms with Gasteiger partial charge >= 0.3 is 0 Å². The van der Waals surface area contributed by atoms with E-state index in [1.165, 1.54) is 0 Å². The summed E-state index contributed by atoms with van der Waals surface area (Å²) in [5, 5.41) is 16.9. The summed E-state index contributed by atoms with van der Waals surface area (Å²) in [5.74, 6) is -0.175. The van der Waals surface area contributed by atoms with Crippen LogP contribution in [0, 0.1) is 25.7 Å². The number of nitrogens with zero attached hydrogens (tertiary/aromatic N) is 3. The Morgan fingerprint density at radius 3 is 2.64 bits per heavy atom. The van der Waals surface area contributed by atoms with Crippen LogP contribution < -0.4 is 5.32 Å². The van der Waals surface area contributed by atoms with Gasteiger partial charge in [-0.25, -0.2) is 0 Å². The highest BCUT2D eigenvalue weighted by atomic mass is 16.3. The average Bonchev–Trinajstić information content (AvgIpc) is 2.85. The summed E-state index contributed by atoms with van der Waals surface area (Å²) < 4.78 is 1.85. The normalized spacial score (nSPS) is 13.5. The smallest absolute Gasteiger partial charge is 0.223 e. The SMILES string of the molecule is Cc1nn(C)c(C)c1CC(C)C(=O)NCC(CO)Cc1ccccn1. The molecule has 6 nitrogen and oxygen atoms in total. The highest BCUT2D eigenvalue weighted by Gasteiger charge is 2.19. The Balaban J connectivity index is 1.87. The summed E-state index contributed by atoms with van der Waals surface area (Å²) >= 11 is 0. The first kappa shape index (κ1) is 19.1. The van der Waals surface area contributed by atoms with Gasteiger partial charge in [0.1, 0.15) is 0 Å². The molecule has 1 amide bonds. The predicted molar refractivity (Wildman–Crippen MR) is 97.1 cm³/mol. The highest BCUT2D eigenvalue weighted by Crippen LogP contribution is 2.17. The van der Waals surface area contributed by atoms with E-state index in [2.05, 4.69) is 15.4 Å². The largest absolute Gasteiger partial charge is 0.396 e. The Bertz CT molecular complexity index is 697. The van der Waals surface area contributed by atoms with Crippen LogP contribution in [0.5, 0.6) is 0 Å². The lowest BCUT2D eigenvalue weighted by molar-refractivity contribution is -0.124. The van der Waals surface area contributed by atoms with Crippen molar-refractivity contribution in [2.45, 2.75) is 33.6 Å². The van der Waals surface area contributed by atoms with Gasteiger partial charge in [0.05, 0.1) is 5.69 Å². The van der Waals surface area contributed by atoms with Crippen molar-refractivity contribution < 1.29 is 9.90 Å². The minimum Gasteiger partial charge on any atom is -0.396 e. The first-order valence-electron chi connectivity index (χ1n) is 8.69. The van der Waals surface area contributed by atoms with Gasteiger partial charge in [-0.2, -0.15) is 5.10 Å². The third-order valence-electron chi connectivity index (χ3n) is 4.66. The van der Waals surface area contributed by atoms with Gasteiger partial charge in [-0.1, -0.05) is 13.0 Å². The van der Waals surface area contributed by atoms with E-state index in [0.717, 1.165) is 22.6 Å². The fourth-order valence-electron chi connectivity index (χ4n) is 2.95. The van der Waals surface area contributed by atoms with E-state index in [0.29, 0.717) is 19.4 Å². The van der Waals surface area contributed by atoms with Crippen molar-refractivity contribution in [3.8, 4) is 0 Å². The molecule has 0 radical (unpaired) electrons. The quantitative estimate of drug-likeness (QED) is 0.762. The van der Waals surface area contributed by atoms with Crippen LogP contribution in [-0.4, -0.2) is 38.9 Å². The molecular weight excluding hydrogens is 316 g/mol. The number of hydrogen-bond acceptors (Lipinski definition) is 4. The maximum Gasteiger partial charge on any atom is 0.223 e. The van der Waals surface area contributed by atoms with Crippen LogP contribution >= 0.6 is 0 Å². The van der Waals surface area contributed by atoms with Crippen molar-refractivity contribution in [2.24, 2.45) is 18.9 Å². The zero-order chi connectivity index (χ0) is 18.4. The molecule has 0 saturated carbocycles. The molecule has 2 rings (SSSR count). The Kier molecular flexibility index (Phi) is 6.70. The van der Waals surface area contributed by atoms with Crippen molar-refractivity contribution in [1.82, 2.24) is 20.1 Å². The zero-order valence-electron chi connectivity index (χ0n) is 15.5. The summed E-state index contributed by atoms with van der Waals surface area (Å²) in [6, 6.07) is 5.72. The molecule has 2 unspecified atom stereocenters. The molecule has 0 saturated heterocycles. The van der Waals surface area contributed by atoms with Crippen molar-refractivity contribution in [3.63, 3.8) is 0 Å². The molecular formula is C19H28N4O2. The number of pyridine rings is 1. The van der Waals surface area contributed by atoms with Gasteiger partial charge in [-0.3, -0.25) is 14.5 Å². The van der Waals surface area contributed by atoms with Gasteiger partial charge in [-0.15, -0.1) is 0 Å². The predicted octanol–water partition coefficient (Wildman–Crippen LogP) is 1.58. The monoisotopic (exact) mass is 344 g/mol. The molecule has 2 atom stereocenters. The Hall–Kier alpha value is -2.21. The first-order chi connectivity index (χ1) is 11.9. The number of hydrogen-bond donors (Lipinski definition) is 2.